The van der Waals surface area contributed by atoms with Crippen LogP contribution in [0.2, 0.25) is 5.02 Å². The average molecular weight is 335 g/mol. The Labute approximate surface area is 134 Å². The zero-order chi connectivity index (χ0) is 15.9. The summed E-state index contributed by atoms with van der Waals surface area (Å²) in [4.78, 5) is 12.9. The highest BCUT2D eigenvalue weighted by Crippen LogP contribution is 2.42. The van der Waals surface area contributed by atoms with Crippen LogP contribution in [-0.4, -0.2) is 21.4 Å². The topological polar surface area (TPSA) is 84.0 Å². The molecule has 0 N–H and O–H groups in total. The first kappa shape index (κ1) is 14.9. The molecule has 0 aliphatic heterocycles. The first-order valence-corrected chi connectivity index (χ1v) is 8.53. The van der Waals surface area contributed by atoms with Crippen molar-refractivity contribution in [3.63, 3.8) is 0 Å². The van der Waals surface area contributed by atoms with Crippen molar-refractivity contribution in [1.82, 2.24) is 5.16 Å². The molecule has 1 aromatic carbocycles. The number of hydrogen-bond donors (Lipinski definition) is 0. The summed E-state index contributed by atoms with van der Waals surface area (Å²) in [6.07, 6.45) is 4.72. The summed E-state index contributed by atoms with van der Waals surface area (Å²) in [5, 5.41) is 13.1. The predicted molar refractivity (Wildman–Crippen MR) is 80.4 cm³/mol. The number of hydrogen-bond acceptors (Lipinski definition) is 5. The SMILES string of the molecule is CS(=O)c1c(C(=O)c2cnoc2C2CC2)ccc(Cl)c1C#N. The summed E-state index contributed by atoms with van der Waals surface area (Å²) < 4.78 is 17.2. The molecule has 0 bridgehead atoms. The van der Waals surface area contributed by atoms with E-state index in [1.807, 2.05) is 6.07 Å². The summed E-state index contributed by atoms with van der Waals surface area (Å²) >= 11 is 5.97. The lowest BCUT2D eigenvalue weighted by Crippen LogP contribution is -2.09. The van der Waals surface area contributed by atoms with Gasteiger partial charge in [0.15, 0.2) is 11.5 Å². The monoisotopic (exact) mass is 334 g/mol. The third-order valence-electron chi connectivity index (χ3n) is 3.54. The summed E-state index contributed by atoms with van der Waals surface area (Å²) in [7, 11) is -1.52. The van der Waals surface area contributed by atoms with Gasteiger partial charge in [-0.3, -0.25) is 9.00 Å². The van der Waals surface area contributed by atoms with Gasteiger partial charge in [0.05, 0.1) is 38.0 Å². The third-order valence-corrected chi connectivity index (χ3v) is 4.86. The Hall–Kier alpha value is -1.97. The van der Waals surface area contributed by atoms with E-state index in [2.05, 4.69) is 5.16 Å². The van der Waals surface area contributed by atoms with Gasteiger partial charge in [-0.15, -0.1) is 0 Å². The molecule has 22 heavy (non-hydrogen) atoms. The summed E-state index contributed by atoms with van der Waals surface area (Å²) in [5.41, 5.74) is 0.630. The van der Waals surface area contributed by atoms with Crippen molar-refractivity contribution in [3.05, 3.63) is 45.8 Å². The maximum atomic E-state index is 12.8. The maximum Gasteiger partial charge on any atom is 0.199 e. The number of carbonyl (C=O) groups excluding carboxylic acids is 1. The van der Waals surface area contributed by atoms with E-state index in [4.69, 9.17) is 16.1 Å². The minimum absolute atomic E-state index is 0.0674. The van der Waals surface area contributed by atoms with Gasteiger partial charge in [-0.25, -0.2) is 0 Å². The second-order valence-corrected chi connectivity index (χ2v) is 6.80. The van der Waals surface area contributed by atoms with Crippen LogP contribution in [0.15, 0.2) is 27.7 Å². The Morgan fingerprint density at radius 3 is 2.77 bits per heavy atom. The third kappa shape index (κ3) is 2.47. The summed E-state index contributed by atoms with van der Waals surface area (Å²) in [5.74, 6) is 0.438. The molecule has 112 valence electrons. The van der Waals surface area contributed by atoms with Crippen LogP contribution >= 0.6 is 11.6 Å². The summed E-state index contributed by atoms with van der Waals surface area (Å²) in [6.45, 7) is 0. The number of halogens is 1. The molecule has 1 atom stereocenters. The van der Waals surface area contributed by atoms with Crippen LogP contribution in [0.3, 0.4) is 0 Å². The van der Waals surface area contributed by atoms with Crippen LogP contribution in [0, 0.1) is 11.3 Å². The van der Waals surface area contributed by atoms with Crippen molar-refractivity contribution in [2.75, 3.05) is 6.26 Å². The van der Waals surface area contributed by atoms with Gasteiger partial charge in [0.1, 0.15) is 6.07 Å². The molecule has 1 unspecified atom stereocenters. The van der Waals surface area contributed by atoms with Gasteiger partial charge >= 0.3 is 0 Å². The Morgan fingerprint density at radius 1 is 1.45 bits per heavy atom. The van der Waals surface area contributed by atoms with Gasteiger partial charge in [-0.2, -0.15) is 5.26 Å². The van der Waals surface area contributed by atoms with Crippen molar-refractivity contribution in [2.24, 2.45) is 0 Å². The van der Waals surface area contributed by atoms with E-state index >= 15 is 0 Å². The van der Waals surface area contributed by atoms with Gasteiger partial charge in [-0.1, -0.05) is 16.8 Å². The van der Waals surface area contributed by atoms with Crippen molar-refractivity contribution in [2.45, 2.75) is 23.7 Å². The van der Waals surface area contributed by atoms with E-state index in [0.717, 1.165) is 12.8 Å². The molecule has 3 rings (SSSR count). The van der Waals surface area contributed by atoms with Gasteiger partial charge < -0.3 is 4.52 Å². The van der Waals surface area contributed by atoms with Crippen molar-refractivity contribution in [1.29, 1.82) is 5.26 Å². The molecule has 1 saturated carbocycles. The fraction of sp³-hybridized carbons (Fsp3) is 0.267. The minimum atomic E-state index is -1.52. The number of rotatable bonds is 4. The fourth-order valence-corrected chi connectivity index (χ4v) is 3.51. The largest absolute Gasteiger partial charge is 0.360 e. The number of nitriles is 1. The molecule has 2 aromatic rings. The number of nitrogens with zero attached hydrogens (tertiary/aromatic N) is 2. The Bertz CT molecular complexity index is 834. The minimum Gasteiger partial charge on any atom is -0.360 e. The van der Waals surface area contributed by atoms with Crippen molar-refractivity contribution < 1.29 is 13.5 Å². The highest BCUT2D eigenvalue weighted by molar-refractivity contribution is 7.84. The molecule has 0 saturated heterocycles. The van der Waals surface area contributed by atoms with Crippen LogP contribution in [0.1, 0.15) is 46.0 Å². The zero-order valence-corrected chi connectivity index (χ0v) is 13.2. The lowest BCUT2D eigenvalue weighted by atomic mass is 10.0. The van der Waals surface area contributed by atoms with E-state index in [0.29, 0.717) is 11.3 Å². The highest BCUT2D eigenvalue weighted by Gasteiger charge is 2.33. The van der Waals surface area contributed by atoms with Crippen molar-refractivity contribution >= 4 is 28.2 Å². The van der Waals surface area contributed by atoms with Gasteiger partial charge in [-0.05, 0) is 25.0 Å². The van der Waals surface area contributed by atoms with Crippen LogP contribution in [0.5, 0.6) is 0 Å². The second kappa shape index (κ2) is 5.67. The Kier molecular flexibility index (Phi) is 3.85. The highest BCUT2D eigenvalue weighted by atomic mass is 35.5. The van der Waals surface area contributed by atoms with Crippen LogP contribution in [0.25, 0.3) is 0 Å². The van der Waals surface area contributed by atoms with Crippen LogP contribution < -0.4 is 0 Å². The molecule has 1 heterocycles. The van der Waals surface area contributed by atoms with Gasteiger partial charge in [0.2, 0.25) is 0 Å². The smallest absolute Gasteiger partial charge is 0.199 e. The lowest BCUT2D eigenvalue weighted by molar-refractivity contribution is 0.103. The maximum absolute atomic E-state index is 12.8. The fourth-order valence-electron chi connectivity index (χ4n) is 2.34. The standard InChI is InChI=1S/C15H11ClN2O3S/c1-22(20)15-9(4-5-12(16)10(15)6-17)13(19)11-7-18-21-14(11)8-2-3-8/h4-5,7-8H,2-3H2,1H3. The first-order chi connectivity index (χ1) is 10.5. The molecule has 1 aliphatic carbocycles. The second-order valence-electron chi connectivity index (χ2n) is 5.07. The Morgan fingerprint density at radius 2 is 2.18 bits per heavy atom. The molecular weight excluding hydrogens is 324 g/mol. The first-order valence-electron chi connectivity index (χ1n) is 6.60. The molecule has 1 aromatic heterocycles. The number of ketones is 1. The molecule has 7 heteroatoms. The number of benzene rings is 1. The van der Waals surface area contributed by atoms with E-state index in [1.54, 1.807) is 0 Å². The van der Waals surface area contributed by atoms with E-state index in [9.17, 15) is 14.3 Å². The van der Waals surface area contributed by atoms with Gasteiger partial charge in [0, 0.05) is 17.7 Å². The average Bonchev–Trinajstić information content (AvgIpc) is 3.23. The molecule has 0 spiro atoms. The molecular formula is C15H11ClN2O3S. The molecule has 0 amide bonds. The van der Waals surface area contributed by atoms with Crippen molar-refractivity contribution in [3.8, 4) is 6.07 Å². The quantitative estimate of drug-likeness (QED) is 0.802. The normalized spacial score (nSPS) is 15.3. The Balaban J connectivity index is 2.15. The summed E-state index contributed by atoms with van der Waals surface area (Å²) in [6, 6.07) is 4.88. The van der Waals surface area contributed by atoms with E-state index in [-0.39, 0.29) is 32.7 Å². The van der Waals surface area contributed by atoms with E-state index in [1.165, 1.54) is 24.6 Å². The van der Waals surface area contributed by atoms with Gasteiger partial charge in [0.25, 0.3) is 0 Å². The number of aromatic nitrogens is 1. The molecule has 5 nitrogen and oxygen atoms in total. The number of carbonyl (C=O) groups is 1. The molecule has 1 aliphatic rings. The zero-order valence-electron chi connectivity index (χ0n) is 11.6. The molecule has 0 radical (unpaired) electrons. The van der Waals surface area contributed by atoms with E-state index < -0.39 is 10.8 Å². The predicted octanol–water partition coefficient (Wildman–Crippen LogP) is 3.05. The van der Waals surface area contributed by atoms with Crippen LogP contribution in [-0.2, 0) is 10.8 Å². The van der Waals surface area contributed by atoms with Crippen LogP contribution in [0.4, 0.5) is 0 Å². The lowest BCUT2D eigenvalue weighted by Gasteiger charge is -2.09. The molecule has 1 fully saturated rings.